The molecule has 0 aliphatic rings. The van der Waals surface area contributed by atoms with Crippen LogP contribution in [0.5, 0.6) is 0 Å². The summed E-state index contributed by atoms with van der Waals surface area (Å²) in [6, 6.07) is 7.88. The van der Waals surface area contributed by atoms with Crippen LogP contribution in [0.15, 0.2) is 30.6 Å². The molecule has 120 valence electrons. The Morgan fingerprint density at radius 2 is 2.17 bits per heavy atom. The van der Waals surface area contributed by atoms with E-state index in [0.29, 0.717) is 11.3 Å². The van der Waals surface area contributed by atoms with Crippen molar-refractivity contribution in [3.8, 4) is 0 Å². The smallest absolute Gasteiger partial charge is 0.222 e. The van der Waals surface area contributed by atoms with E-state index in [1.165, 1.54) is 19.3 Å². The number of hydrogen-bond acceptors (Lipinski definition) is 3. The number of pyridine rings is 1. The van der Waals surface area contributed by atoms with E-state index in [1.807, 2.05) is 30.6 Å². The molecule has 0 radical (unpaired) electrons. The number of imidazole rings is 1. The van der Waals surface area contributed by atoms with Gasteiger partial charge in [0.25, 0.3) is 0 Å². The average Bonchev–Trinajstić information content (AvgIpc) is 3.03. The Balaban J connectivity index is 2.06. The predicted molar refractivity (Wildman–Crippen MR) is 93.5 cm³/mol. The minimum Gasteiger partial charge on any atom is -0.330 e. The molecule has 0 atom stereocenters. The van der Waals surface area contributed by atoms with Gasteiger partial charge in [0.05, 0.1) is 17.4 Å². The molecule has 0 bridgehead atoms. The normalized spacial score (nSPS) is 11.8. The summed E-state index contributed by atoms with van der Waals surface area (Å²) >= 11 is 0. The van der Waals surface area contributed by atoms with E-state index in [-0.39, 0.29) is 12.8 Å². The molecule has 2 aromatic heterocycles. The summed E-state index contributed by atoms with van der Waals surface area (Å²) < 4.78 is 9.34. The van der Waals surface area contributed by atoms with Crippen LogP contribution in [0.2, 0.25) is 0 Å². The lowest BCUT2D eigenvalue weighted by atomic mass is 10.1. The van der Waals surface area contributed by atoms with Crippen molar-refractivity contribution < 1.29 is 6.17 Å². The van der Waals surface area contributed by atoms with Crippen LogP contribution in [0.25, 0.3) is 21.9 Å². The Kier molecular flexibility index (Phi) is 4.17. The van der Waals surface area contributed by atoms with Crippen molar-refractivity contribution in [1.82, 2.24) is 14.5 Å². The van der Waals surface area contributed by atoms with Gasteiger partial charge >= 0.3 is 0 Å². The third-order valence-electron chi connectivity index (χ3n) is 3.96. The molecular weight excluding hydrogens is 288 g/mol. The molecule has 1 aromatic carbocycles. The van der Waals surface area contributed by atoms with Crippen molar-refractivity contribution >= 4 is 33.7 Å². The molecule has 1 amide bonds. The topological polar surface area (TPSA) is 59.8 Å². The molecule has 0 saturated carbocycles. The SMILES string of the molecule is [3H]CC(=O)Nc1nc2ccccc2c2c1ncn2CCCCCC. The van der Waals surface area contributed by atoms with E-state index in [0.717, 1.165) is 29.4 Å². The van der Waals surface area contributed by atoms with Crippen LogP contribution < -0.4 is 5.32 Å². The molecule has 5 heteroatoms. The molecule has 5 nitrogen and oxygen atoms in total. The number of carbonyl (C=O) groups is 1. The Morgan fingerprint density at radius 1 is 1.30 bits per heavy atom. The van der Waals surface area contributed by atoms with E-state index >= 15 is 0 Å². The van der Waals surface area contributed by atoms with Gasteiger partial charge in [-0.2, -0.15) is 0 Å². The van der Waals surface area contributed by atoms with E-state index < -0.39 is 0 Å². The van der Waals surface area contributed by atoms with Crippen molar-refractivity contribution in [2.24, 2.45) is 0 Å². The minimum absolute atomic E-state index is 0.326. The van der Waals surface area contributed by atoms with Crippen LogP contribution in [0.3, 0.4) is 0 Å². The van der Waals surface area contributed by atoms with Crippen LogP contribution in [0, 0.1) is 0 Å². The summed E-state index contributed by atoms with van der Waals surface area (Å²) in [5.41, 5.74) is 2.50. The maximum absolute atomic E-state index is 11.6. The molecule has 0 aliphatic carbocycles. The number of nitrogens with zero attached hydrogens (tertiary/aromatic N) is 3. The first-order chi connectivity index (χ1) is 11.7. The highest BCUT2D eigenvalue weighted by Crippen LogP contribution is 2.28. The maximum atomic E-state index is 11.6. The summed E-state index contributed by atoms with van der Waals surface area (Å²) in [7, 11) is 0. The third-order valence-corrected chi connectivity index (χ3v) is 3.96. The van der Waals surface area contributed by atoms with Crippen LogP contribution in [0.1, 0.15) is 40.9 Å². The number of unbranched alkanes of at least 4 members (excludes halogenated alkanes) is 3. The van der Waals surface area contributed by atoms with Crippen molar-refractivity contribution in [2.75, 3.05) is 5.32 Å². The number of hydrogen-bond donors (Lipinski definition) is 1. The van der Waals surface area contributed by atoms with Gasteiger partial charge in [-0.1, -0.05) is 44.4 Å². The first-order valence-electron chi connectivity index (χ1n) is 8.78. The van der Waals surface area contributed by atoms with Crippen molar-refractivity contribution in [3.63, 3.8) is 0 Å². The molecule has 0 fully saturated rings. The van der Waals surface area contributed by atoms with Gasteiger partial charge in [0.1, 0.15) is 5.52 Å². The zero-order chi connectivity index (χ0) is 16.9. The fraction of sp³-hybridized carbons (Fsp3) is 0.389. The Bertz CT molecular complexity index is 859. The lowest BCUT2D eigenvalue weighted by Gasteiger charge is -2.09. The van der Waals surface area contributed by atoms with Crippen molar-refractivity contribution in [1.29, 1.82) is 0 Å². The fourth-order valence-corrected chi connectivity index (χ4v) is 2.88. The summed E-state index contributed by atoms with van der Waals surface area (Å²) in [6.07, 6.45) is 6.56. The second kappa shape index (κ2) is 6.77. The number of aryl methyl sites for hydroxylation is 1. The molecular formula is C18H22N4O. The summed E-state index contributed by atoms with van der Waals surface area (Å²) in [6.45, 7) is 2.77. The quantitative estimate of drug-likeness (QED) is 0.696. The number of rotatable bonds is 6. The lowest BCUT2D eigenvalue weighted by Crippen LogP contribution is -2.08. The number of benzene rings is 1. The Labute approximate surface area is 137 Å². The summed E-state index contributed by atoms with van der Waals surface area (Å²) in [5.74, 6) is 0.0600. The zero-order valence-corrected chi connectivity index (χ0v) is 13.4. The first-order valence-corrected chi connectivity index (χ1v) is 8.07. The molecule has 0 unspecified atom stereocenters. The number of amides is 1. The van der Waals surface area contributed by atoms with Gasteiger partial charge in [-0.05, 0) is 12.5 Å². The van der Waals surface area contributed by atoms with Gasteiger partial charge in [-0.3, -0.25) is 4.79 Å². The van der Waals surface area contributed by atoms with Gasteiger partial charge in [0, 0.05) is 20.2 Å². The minimum atomic E-state index is -0.378. The van der Waals surface area contributed by atoms with Gasteiger partial charge in [-0.15, -0.1) is 0 Å². The molecule has 3 aromatic rings. The molecule has 1 N–H and O–H groups in total. The number of aromatic nitrogens is 3. The van der Waals surface area contributed by atoms with E-state index in [9.17, 15) is 4.79 Å². The van der Waals surface area contributed by atoms with E-state index in [4.69, 9.17) is 1.37 Å². The monoisotopic (exact) mass is 312 g/mol. The van der Waals surface area contributed by atoms with Crippen LogP contribution in [0.4, 0.5) is 5.82 Å². The van der Waals surface area contributed by atoms with Crippen LogP contribution >= 0.6 is 0 Å². The van der Waals surface area contributed by atoms with Crippen LogP contribution in [-0.2, 0) is 11.3 Å². The Morgan fingerprint density at radius 3 is 3.00 bits per heavy atom. The highest BCUT2D eigenvalue weighted by Gasteiger charge is 2.14. The van der Waals surface area contributed by atoms with E-state index in [2.05, 4.69) is 26.8 Å². The molecule has 3 rings (SSSR count). The largest absolute Gasteiger partial charge is 0.330 e. The molecule has 0 saturated heterocycles. The first kappa shape index (κ1) is 14.2. The van der Waals surface area contributed by atoms with Crippen molar-refractivity contribution in [3.05, 3.63) is 30.6 Å². The summed E-state index contributed by atoms with van der Waals surface area (Å²) in [4.78, 5) is 20.6. The molecule has 23 heavy (non-hydrogen) atoms. The highest BCUT2D eigenvalue weighted by atomic mass is 16.1. The zero-order valence-electron chi connectivity index (χ0n) is 14.4. The number of nitrogens with one attached hydrogen (secondary N) is 1. The standard InChI is InChI=1S/C18H22N4O/c1-3-4-5-8-11-22-12-19-16-17(22)14-9-6-7-10-15(14)21-18(16)20-13(2)23/h6-7,9-10,12H,3-5,8,11H2,1-2H3,(H,20,21,23)/i2T. The van der Waals surface area contributed by atoms with Crippen molar-refractivity contribution in [2.45, 2.75) is 46.1 Å². The number of para-hydroxylation sites is 1. The second-order valence-electron chi connectivity index (χ2n) is 5.72. The maximum Gasteiger partial charge on any atom is 0.222 e. The number of carbonyl (C=O) groups excluding carboxylic acids is 1. The highest BCUT2D eigenvalue weighted by molar-refractivity contribution is 6.09. The summed E-state index contributed by atoms with van der Waals surface area (Å²) in [5, 5.41) is 3.73. The van der Waals surface area contributed by atoms with Gasteiger partial charge in [0.15, 0.2) is 5.82 Å². The number of anilines is 1. The number of fused-ring (bicyclic) bond motifs is 3. The second-order valence-corrected chi connectivity index (χ2v) is 5.72. The van der Waals surface area contributed by atoms with Gasteiger partial charge in [-0.25, -0.2) is 9.97 Å². The third kappa shape index (κ3) is 3.18. The lowest BCUT2D eigenvalue weighted by molar-refractivity contribution is -0.114. The predicted octanol–water partition coefficient (Wildman–Crippen LogP) is 4.12. The van der Waals surface area contributed by atoms with Crippen LogP contribution in [-0.4, -0.2) is 20.4 Å². The Hall–Kier alpha value is -2.43. The average molecular weight is 312 g/mol. The van der Waals surface area contributed by atoms with E-state index in [1.54, 1.807) is 0 Å². The molecule has 0 spiro atoms. The van der Waals surface area contributed by atoms with Gasteiger partial charge < -0.3 is 9.88 Å². The molecule has 2 heterocycles. The van der Waals surface area contributed by atoms with Gasteiger partial charge in [0.2, 0.25) is 5.91 Å². The fourth-order valence-electron chi connectivity index (χ4n) is 2.88. The molecule has 0 aliphatic heterocycles.